The maximum Gasteiger partial charge on any atom is 0.304 e. The number of guanidine groups is 1. The van der Waals surface area contributed by atoms with Crippen LogP contribution < -0.4 is 16.4 Å². The molecule has 35 heavy (non-hydrogen) atoms. The Labute approximate surface area is 205 Å². The highest BCUT2D eigenvalue weighted by Crippen LogP contribution is 2.27. The van der Waals surface area contributed by atoms with Crippen molar-refractivity contribution >= 4 is 23.7 Å². The number of hydrogen-bond acceptors (Lipinski definition) is 4. The van der Waals surface area contributed by atoms with Gasteiger partial charge in [-0.05, 0) is 48.9 Å². The number of nitrogens with one attached hydrogen (secondary N) is 3. The Morgan fingerprint density at radius 2 is 1.80 bits per heavy atom. The Morgan fingerprint density at radius 1 is 1.06 bits per heavy atom. The molecule has 2 aromatic rings. The van der Waals surface area contributed by atoms with Crippen LogP contribution in [-0.4, -0.2) is 59.4 Å². The van der Waals surface area contributed by atoms with E-state index in [1.54, 1.807) is 23.1 Å². The fourth-order valence-electron chi connectivity index (χ4n) is 4.46. The van der Waals surface area contributed by atoms with Gasteiger partial charge in [0.1, 0.15) is 0 Å². The minimum absolute atomic E-state index is 0.0977. The van der Waals surface area contributed by atoms with Crippen molar-refractivity contribution in [2.24, 2.45) is 11.7 Å². The first-order valence-corrected chi connectivity index (χ1v) is 11.8. The molecule has 2 atom stereocenters. The first-order chi connectivity index (χ1) is 16.8. The summed E-state index contributed by atoms with van der Waals surface area (Å²) in [4.78, 5) is 38.7. The molecule has 9 heteroatoms. The van der Waals surface area contributed by atoms with E-state index in [9.17, 15) is 19.5 Å². The normalized spacial score (nSPS) is 17.3. The van der Waals surface area contributed by atoms with Crippen molar-refractivity contribution in [1.82, 2.24) is 15.5 Å². The Bertz CT molecular complexity index is 1040. The SMILES string of the molecule is N=C(N)NCCc1cccc(C(=O)NC[C@@H]2C[C@@H](CC(=O)O)C(=O)N2CCCc2ccccc2)c1. The zero-order chi connectivity index (χ0) is 25.2. The topological polar surface area (TPSA) is 149 Å². The van der Waals surface area contributed by atoms with Crippen molar-refractivity contribution in [2.75, 3.05) is 19.6 Å². The number of amides is 2. The third-order valence-corrected chi connectivity index (χ3v) is 6.17. The summed E-state index contributed by atoms with van der Waals surface area (Å²) >= 11 is 0. The average molecular weight is 480 g/mol. The molecule has 0 aliphatic carbocycles. The smallest absolute Gasteiger partial charge is 0.304 e. The molecule has 1 heterocycles. The van der Waals surface area contributed by atoms with Gasteiger partial charge < -0.3 is 26.4 Å². The molecular weight excluding hydrogens is 446 g/mol. The monoisotopic (exact) mass is 479 g/mol. The zero-order valence-corrected chi connectivity index (χ0v) is 19.7. The number of benzene rings is 2. The number of aliphatic carboxylic acids is 1. The molecule has 0 spiro atoms. The molecule has 3 rings (SSSR count). The van der Waals surface area contributed by atoms with Crippen LogP contribution in [0.3, 0.4) is 0 Å². The van der Waals surface area contributed by atoms with E-state index in [1.807, 2.05) is 36.4 Å². The van der Waals surface area contributed by atoms with Crippen LogP contribution in [0.2, 0.25) is 0 Å². The van der Waals surface area contributed by atoms with E-state index >= 15 is 0 Å². The molecule has 9 nitrogen and oxygen atoms in total. The largest absolute Gasteiger partial charge is 0.481 e. The van der Waals surface area contributed by atoms with Crippen molar-refractivity contribution in [3.8, 4) is 0 Å². The maximum atomic E-state index is 12.9. The summed E-state index contributed by atoms with van der Waals surface area (Å²) in [5.74, 6) is -2.06. The van der Waals surface area contributed by atoms with Crippen LogP contribution in [0.25, 0.3) is 0 Å². The number of nitrogens with zero attached hydrogens (tertiary/aromatic N) is 1. The number of carboxylic acids is 1. The molecular formula is C26H33N5O4. The zero-order valence-electron chi connectivity index (χ0n) is 19.7. The molecule has 1 fully saturated rings. The van der Waals surface area contributed by atoms with E-state index in [0.29, 0.717) is 31.5 Å². The second kappa shape index (κ2) is 12.5. The quantitative estimate of drug-likeness (QED) is 0.231. The molecule has 1 saturated heterocycles. The second-order valence-electron chi connectivity index (χ2n) is 8.81. The van der Waals surface area contributed by atoms with Crippen LogP contribution in [0.1, 0.15) is 40.7 Å². The fourth-order valence-corrected chi connectivity index (χ4v) is 4.46. The summed E-state index contributed by atoms with van der Waals surface area (Å²) in [6.07, 6.45) is 2.40. The van der Waals surface area contributed by atoms with Crippen LogP contribution in [0, 0.1) is 11.3 Å². The lowest BCUT2D eigenvalue weighted by atomic mass is 10.0. The number of rotatable bonds is 12. The van der Waals surface area contributed by atoms with Gasteiger partial charge in [-0.1, -0.05) is 42.5 Å². The van der Waals surface area contributed by atoms with Crippen LogP contribution >= 0.6 is 0 Å². The van der Waals surface area contributed by atoms with E-state index < -0.39 is 11.9 Å². The van der Waals surface area contributed by atoms with Gasteiger partial charge in [-0.15, -0.1) is 0 Å². The number of carbonyl (C=O) groups is 3. The summed E-state index contributed by atoms with van der Waals surface area (Å²) < 4.78 is 0. The maximum absolute atomic E-state index is 12.9. The predicted molar refractivity (Wildman–Crippen MR) is 133 cm³/mol. The third kappa shape index (κ3) is 7.84. The standard InChI is InChI=1S/C26H33N5O4/c27-26(28)29-12-11-19-8-4-10-20(14-19)24(34)30-17-22-15-21(16-23(32)33)25(35)31(22)13-5-9-18-6-2-1-3-7-18/h1-4,6-8,10,14,21-22H,5,9,11-13,15-17H2,(H,30,34)(H,32,33)(H4,27,28,29)/t21-,22-/m0/s1. The van der Waals surface area contributed by atoms with E-state index in [1.165, 1.54) is 5.56 Å². The van der Waals surface area contributed by atoms with E-state index in [-0.39, 0.29) is 36.8 Å². The van der Waals surface area contributed by atoms with E-state index in [0.717, 1.165) is 18.4 Å². The molecule has 0 unspecified atom stereocenters. The summed E-state index contributed by atoms with van der Waals surface area (Å²) in [6.45, 7) is 1.28. The van der Waals surface area contributed by atoms with Gasteiger partial charge in [0.05, 0.1) is 12.3 Å². The van der Waals surface area contributed by atoms with Gasteiger partial charge in [0, 0.05) is 31.2 Å². The number of likely N-dealkylation sites (tertiary alicyclic amines) is 1. The van der Waals surface area contributed by atoms with Crippen molar-refractivity contribution in [2.45, 2.75) is 38.1 Å². The lowest BCUT2D eigenvalue weighted by Crippen LogP contribution is -2.42. The predicted octanol–water partition coefficient (Wildman–Crippen LogP) is 1.77. The molecule has 1 aliphatic heterocycles. The van der Waals surface area contributed by atoms with Crippen LogP contribution in [0.15, 0.2) is 54.6 Å². The first-order valence-electron chi connectivity index (χ1n) is 11.8. The Balaban J connectivity index is 1.59. The highest BCUT2D eigenvalue weighted by atomic mass is 16.4. The minimum Gasteiger partial charge on any atom is -0.481 e. The van der Waals surface area contributed by atoms with Crippen LogP contribution in [0.4, 0.5) is 0 Å². The summed E-state index contributed by atoms with van der Waals surface area (Å²) in [6, 6.07) is 17.0. The van der Waals surface area contributed by atoms with Gasteiger partial charge in [-0.3, -0.25) is 19.8 Å². The lowest BCUT2D eigenvalue weighted by Gasteiger charge is -2.25. The van der Waals surface area contributed by atoms with Crippen molar-refractivity contribution in [3.63, 3.8) is 0 Å². The number of hydrogen-bond donors (Lipinski definition) is 5. The highest BCUT2D eigenvalue weighted by Gasteiger charge is 2.40. The molecule has 0 bridgehead atoms. The fraction of sp³-hybridized carbons (Fsp3) is 0.385. The average Bonchev–Trinajstić information content (AvgIpc) is 3.12. The number of aryl methyl sites for hydroxylation is 1. The van der Waals surface area contributed by atoms with Crippen molar-refractivity contribution in [3.05, 3.63) is 71.3 Å². The minimum atomic E-state index is -0.992. The highest BCUT2D eigenvalue weighted by molar-refractivity contribution is 5.94. The van der Waals surface area contributed by atoms with Gasteiger partial charge in [-0.2, -0.15) is 0 Å². The molecule has 1 aliphatic rings. The van der Waals surface area contributed by atoms with Gasteiger partial charge in [0.25, 0.3) is 5.91 Å². The summed E-state index contributed by atoms with van der Waals surface area (Å²) in [5.41, 5.74) is 7.93. The summed E-state index contributed by atoms with van der Waals surface area (Å²) in [5, 5.41) is 22.1. The summed E-state index contributed by atoms with van der Waals surface area (Å²) in [7, 11) is 0. The third-order valence-electron chi connectivity index (χ3n) is 6.17. The number of carboxylic acid groups (broad SMARTS) is 1. The molecule has 0 radical (unpaired) electrons. The second-order valence-corrected chi connectivity index (χ2v) is 8.81. The Hall–Kier alpha value is -3.88. The van der Waals surface area contributed by atoms with Crippen molar-refractivity contribution < 1.29 is 19.5 Å². The molecule has 2 aromatic carbocycles. The Kier molecular flexibility index (Phi) is 9.23. The number of carbonyl (C=O) groups excluding carboxylic acids is 2. The van der Waals surface area contributed by atoms with Gasteiger partial charge >= 0.3 is 5.97 Å². The van der Waals surface area contributed by atoms with Crippen molar-refractivity contribution in [1.29, 1.82) is 5.41 Å². The number of nitrogens with two attached hydrogens (primary N) is 1. The van der Waals surface area contributed by atoms with Gasteiger partial charge in [0.2, 0.25) is 5.91 Å². The van der Waals surface area contributed by atoms with E-state index in [4.69, 9.17) is 11.1 Å². The van der Waals surface area contributed by atoms with Crippen LogP contribution in [-0.2, 0) is 22.4 Å². The molecule has 6 N–H and O–H groups in total. The molecule has 186 valence electrons. The van der Waals surface area contributed by atoms with Gasteiger partial charge in [-0.25, -0.2) is 0 Å². The van der Waals surface area contributed by atoms with Crippen LogP contribution in [0.5, 0.6) is 0 Å². The van der Waals surface area contributed by atoms with E-state index in [2.05, 4.69) is 10.6 Å². The molecule has 0 saturated carbocycles. The Morgan fingerprint density at radius 3 is 2.51 bits per heavy atom. The first kappa shape index (κ1) is 25.7. The molecule has 0 aromatic heterocycles. The molecule has 2 amide bonds. The lowest BCUT2D eigenvalue weighted by molar-refractivity contribution is -0.142. The van der Waals surface area contributed by atoms with Gasteiger partial charge in [0.15, 0.2) is 5.96 Å².